The molecule has 0 bridgehead atoms. The Kier molecular flexibility index (Phi) is 3.85. The fourth-order valence-corrected chi connectivity index (χ4v) is 1.78. The normalized spacial score (nSPS) is 11.9. The van der Waals surface area contributed by atoms with Gasteiger partial charge in [0, 0.05) is 18.0 Å². The summed E-state index contributed by atoms with van der Waals surface area (Å²) in [6.45, 7) is 1.89. The predicted molar refractivity (Wildman–Crippen MR) is 70.9 cm³/mol. The van der Waals surface area contributed by atoms with E-state index in [2.05, 4.69) is 10.3 Å². The van der Waals surface area contributed by atoms with E-state index in [4.69, 9.17) is 4.74 Å². The number of aromatic nitrogens is 1. The molecule has 5 heteroatoms. The SMILES string of the molecule is COc1ccc(NC(C)c2cncc(F)c2)cc1O. The van der Waals surface area contributed by atoms with Gasteiger partial charge in [0.25, 0.3) is 0 Å². The van der Waals surface area contributed by atoms with Crippen LogP contribution in [-0.2, 0) is 0 Å². The van der Waals surface area contributed by atoms with Gasteiger partial charge in [0.1, 0.15) is 5.82 Å². The number of pyridine rings is 1. The first-order chi connectivity index (χ1) is 9.10. The summed E-state index contributed by atoms with van der Waals surface area (Å²) in [5.74, 6) is 0.0893. The van der Waals surface area contributed by atoms with Gasteiger partial charge in [0.15, 0.2) is 11.5 Å². The molecule has 0 aliphatic heterocycles. The van der Waals surface area contributed by atoms with Crippen molar-refractivity contribution in [2.75, 3.05) is 12.4 Å². The van der Waals surface area contributed by atoms with Gasteiger partial charge >= 0.3 is 0 Å². The van der Waals surface area contributed by atoms with Crippen molar-refractivity contribution >= 4 is 5.69 Å². The number of ether oxygens (including phenoxy) is 1. The molecule has 0 saturated heterocycles. The van der Waals surface area contributed by atoms with Gasteiger partial charge in [-0.3, -0.25) is 4.98 Å². The van der Waals surface area contributed by atoms with Crippen LogP contribution in [0.25, 0.3) is 0 Å². The summed E-state index contributed by atoms with van der Waals surface area (Å²) in [5, 5.41) is 12.8. The summed E-state index contributed by atoms with van der Waals surface area (Å²) in [4.78, 5) is 3.81. The van der Waals surface area contributed by atoms with Crippen molar-refractivity contribution in [1.29, 1.82) is 0 Å². The fraction of sp³-hybridized carbons (Fsp3) is 0.214. The lowest BCUT2D eigenvalue weighted by molar-refractivity contribution is 0.373. The average molecular weight is 262 g/mol. The Morgan fingerprint density at radius 1 is 1.32 bits per heavy atom. The molecule has 1 atom stereocenters. The number of rotatable bonds is 4. The smallest absolute Gasteiger partial charge is 0.160 e. The summed E-state index contributed by atoms with van der Waals surface area (Å²) in [6, 6.07) is 6.29. The number of hydrogen-bond donors (Lipinski definition) is 2. The number of hydrogen-bond acceptors (Lipinski definition) is 4. The van der Waals surface area contributed by atoms with Gasteiger partial charge in [-0.1, -0.05) is 0 Å². The second-order valence-corrected chi connectivity index (χ2v) is 4.19. The number of halogens is 1. The van der Waals surface area contributed by atoms with Gasteiger partial charge < -0.3 is 15.2 Å². The minimum Gasteiger partial charge on any atom is -0.504 e. The molecule has 19 heavy (non-hydrogen) atoms. The standard InChI is InChI=1S/C14H15FN2O2/c1-9(10-5-11(15)8-16-7-10)17-12-3-4-14(19-2)13(18)6-12/h3-9,17-18H,1-2H3. The third kappa shape index (κ3) is 3.13. The fourth-order valence-electron chi connectivity index (χ4n) is 1.78. The zero-order chi connectivity index (χ0) is 13.8. The molecule has 1 aromatic heterocycles. The molecule has 0 radical (unpaired) electrons. The van der Waals surface area contributed by atoms with Gasteiger partial charge in [0.2, 0.25) is 0 Å². The number of aromatic hydroxyl groups is 1. The lowest BCUT2D eigenvalue weighted by atomic mass is 10.1. The van der Waals surface area contributed by atoms with Crippen LogP contribution in [0, 0.1) is 5.82 Å². The maximum Gasteiger partial charge on any atom is 0.160 e. The summed E-state index contributed by atoms with van der Waals surface area (Å²) in [5.41, 5.74) is 1.45. The molecule has 2 rings (SSSR count). The van der Waals surface area contributed by atoms with E-state index in [1.807, 2.05) is 6.92 Å². The zero-order valence-electron chi connectivity index (χ0n) is 10.7. The number of phenolic OH excluding ortho intramolecular Hbond substituents is 1. The first kappa shape index (κ1) is 13.1. The molecule has 0 spiro atoms. The summed E-state index contributed by atoms with van der Waals surface area (Å²) >= 11 is 0. The van der Waals surface area contributed by atoms with Crippen molar-refractivity contribution in [3.05, 3.63) is 48.0 Å². The first-order valence-electron chi connectivity index (χ1n) is 5.84. The topological polar surface area (TPSA) is 54.4 Å². The molecule has 2 aromatic rings. The van der Waals surface area contributed by atoms with Crippen molar-refractivity contribution in [1.82, 2.24) is 4.98 Å². The van der Waals surface area contributed by atoms with Crippen LogP contribution in [0.5, 0.6) is 11.5 Å². The molecule has 1 heterocycles. The highest BCUT2D eigenvalue weighted by atomic mass is 19.1. The van der Waals surface area contributed by atoms with Crippen LogP contribution in [0.1, 0.15) is 18.5 Å². The number of nitrogens with one attached hydrogen (secondary N) is 1. The van der Waals surface area contributed by atoms with E-state index in [9.17, 15) is 9.50 Å². The summed E-state index contributed by atoms with van der Waals surface area (Å²) in [6.07, 6.45) is 2.76. The van der Waals surface area contributed by atoms with Crippen LogP contribution < -0.4 is 10.1 Å². The monoisotopic (exact) mass is 262 g/mol. The van der Waals surface area contributed by atoms with Crippen LogP contribution in [0.3, 0.4) is 0 Å². The van der Waals surface area contributed by atoms with Crippen LogP contribution in [0.15, 0.2) is 36.7 Å². The van der Waals surface area contributed by atoms with Gasteiger partial charge in [0.05, 0.1) is 19.3 Å². The van der Waals surface area contributed by atoms with Crippen molar-refractivity contribution in [2.45, 2.75) is 13.0 Å². The number of nitrogens with zero attached hydrogens (tertiary/aromatic N) is 1. The Morgan fingerprint density at radius 3 is 2.74 bits per heavy atom. The van der Waals surface area contributed by atoms with Crippen LogP contribution in [0.4, 0.5) is 10.1 Å². The molecule has 100 valence electrons. The van der Waals surface area contributed by atoms with E-state index < -0.39 is 0 Å². The van der Waals surface area contributed by atoms with Gasteiger partial charge in [-0.15, -0.1) is 0 Å². The second kappa shape index (κ2) is 5.56. The largest absolute Gasteiger partial charge is 0.504 e. The molecule has 0 aliphatic rings. The molecular weight excluding hydrogens is 247 g/mol. The average Bonchev–Trinajstić information content (AvgIpc) is 2.39. The molecule has 0 amide bonds. The van der Waals surface area contributed by atoms with Crippen molar-refractivity contribution in [3.8, 4) is 11.5 Å². The zero-order valence-corrected chi connectivity index (χ0v) is 10.7. The molecular formula is C14H15FN2O2. The van der Waals surface area contributed by atoms with E-state index in [1.54, 1.807) is 24.4 Å². The Balaban J connectivity index is 2.14. The maximum atomic E-state index is 13.1. The number of methoxy groups -OCH3 is 1. The minimum atomic E-state index is -0.372. The van der Waals surface area contributed by atoms with Crippen LogP contribution in [-0.4, -0.2) is 17.2 Å². The van der Waals surface area contributed by atoms with E-state index in [-0.39, 0.29) is 17.6 Å². The van der Waals surface area contributed by atoms with E-state index in [0.717, 1.165) is 17.4 Å². The second-order valence-electron chi connectivity index (χ2n) is 4.19. The number of anilines is 1. The highest BCUT2D eigenvalue weighted by Gasteiger charge is 2.08. The third-order valence-corrected chi connectivity index (χ3v) is 2.79. The van der Waals surface area contributed by atoms with Crippen molar-refractivity contribution in [3.63, 3.8) is 0 Å². The molecule has 1 unspecified atom stereocenters. The van der Waals surface area contributed by atoms with Gasteiger partial charge in [-0.2, -0.15) is 0 Å². The van der Waals surface area contributed by atoms with Crippen molar-refractivity contribution in [2.24, 2.45) is 0 Å². The van der Waals surface area contributed by atoms with E-state index in [1.165, 1.54) is 13.2 Å². The van der Waals surface area contributed by atoms with E-state index in [0.29, 0.717) is 5.75 Å². The summed E-state index contributed by atoms with van der Waals surface area (Å²) in [7, 11) is 1.49. The Bertz CT molecular complexity index is 575. The lowest BCUT2D eigenvalue weighted by Crippen LogP contribution is -2.07. The van der Waals surface area contributed by atoms with Crippen LogP contribution >= 0.6 is 0 Å². The minimum absolute atomic E-state index is 0.0528. The molecule has 0 fully saturated rings. The lowest BCUT2D eigenvalue weighted by Gasteiger charge is -2.16. The molecule has 0 saturated carbocycles. The molecule has 4 nitrogen and oxygen atoms in total. The Labute approximate surface area is 110 Å². The third-order valence-electron chi connectivity index (χ3n) is 2.79. The number of benzene rings is 1. The number of phenols is 1. The van der Waals surface area contributed by atoms with Crippen molar-refractivity contribution < 1.29 is 14.2 Å². The first-order valence-corrected chi connectivity index (χ1v) is 5.84. The highest BCUT2D eigenvalue weighted by molar-refractivity contribution is 5.55. The quantitative estimate of drug-likeness (QED) is 0.889. The molecule has 0 aliphatic carbocycles. The highest BCUT2D eigenvalue weighted by Crippen LogP contribution is 2.30. The van der Waals surface area contributed by atoms with Gasteiger partial charge in [-0.25, -0.2) is 4.39 Å². The van der Waals surface area contributed by atoms with E-state index >= 15 is 0 Å². The molecule has 1 aromatic carbocycles. The Morgan fingerprint density at radius 2 is 2.11 bits per heavy atom. The summed E-state index contributed by atoms with van der Waals surface area (Å²) < 4.78 is 18.1. The van der Waals surface area contributed by atoms with Gasteiger partial charge in [-0.05, 0) is 30.7 Å². The predicted octanol–water partition coefficient (Wildman–Crippen LogP) is 3.11. The maximum absolute atomic E-state index is 13.1. The van der Waals surface area contributed by atoms with Crippen LogP contribution in [0.2, 0.25) is 0 Å². The Hall–Kier alpha value is -2.30. The molecule has 2 N–H and O–H groups in total.